The average molecular weight is 233 g/mol. The molecule has 17 heavy (non-hydrogen) atoms. The van der Waals surface area contributed by atoms with Gasteiger partial charge in [-0.1, -0.05) is 20.3 Å². The Morgan fingerprint density at radius 2 is 2.06 bits per heavy atom. The van der Waals surface area contributed by atoms with Gasteiger partial charge in [-0.25, -0.2) is 0 Å². The molecule has 1 aromatic rings. The number of nitrogens with two attached hydrogens (primary N) is 1. The molecular formula is C15H23NO. The highest BCUT2D eigenvalue weighted by Crippen LogP contribution is 2.42. The lowest BCUT2D eigenvalue weighted by molar-refractivity contribution is 0.185. The van der Waals surface area contributed by atoms with Gasteiger partial charge in [0.15, 0.2) is 0 Å². The van der Waals surface area contributed by atoms with E-state index in [1.807, 2.05) is 6.07 Å². The Hall–Kier alpha value is -1.18. The van der Waals surface area contributed by atoms with Gasteiger partial charge in [0.1, 0.15) is 5.75 Å². The number of hydrogen-bond acceptors (Lipinski definition) is 2. The second-order valence-electron chi connectivity index (χ2n) is 5.05. The van der Waals surface area contributed by atoms with Gasteiger partial charge >= 0.3 is 0 Å². The van der Waals surface area contributed by atoms with Crippen molar-refractivity contribution in [1.82, 2.24) is 0 Å². The van der Waals surface area contributed by atoms with Gasteiger partial charge in [-0.3, -0.25) is 0 Å². The van der Waals surface area contributed by atoms with Gasteiger partial charge in [0, 0.05) is 11.8 Å². The highest BCUT2D eigenvalue weighted by atomic mass is 16.5. The van der Waals surface area contributed by atoms with Gasteiger partial charge in [0.2, 0.25) is 0 Å². The Morgan fingerprint density at radius 3 is 2.65 bits per heavy atom. The first-order valence-electron chi connectivity index (χ1n) is 6.80. The van der Waals surface area contributed by atoms with Crippen molar-refractivity contribution in [3.63, 3.8) is 0 Å². The fourth-order valence-corrected chi connectivity index (χ4v) is 2.23. The van der Waals surface area contributed by atoms with Crippen LogP contribution in [-0.2, 0) is 0 Å². The topological polar surface area (TPSA) is 35.2 Å². The molecule has 0 amide bonds. The summed E-state index contributed by atoms with van der Waals surface area (Å²) in [5.41, 5.74) is 8.12. The van der Waals surface area contributed by atoms with Crippen LogP contribution in [0.25, 0.3) is 0 Å². The Balaban J connectivity index is 2.08. The molecule has 0 saturated heterocycles. The summed E-state index contributed by atoms with van der Waals surface area (Å²) in [5.74, 6) is 1.68. The summed E-state index contributed by atoms with van der Waals surface area (Å²) in [6.07, 6.45) is 6.26. The number of hydrogen-bond donors (Lipinski definition) is 1. The zero-order valence-corrected chi connectivity index (χ0v) is 10.9. The summed E-state index contributed by atoms with van der Waals surface area (Å²) in [7, 11) is 0. The number of nitrogen functional groups attached to an aromatic ring is 1. The number of anilines is 1. The zero-order chi connectivity index (χ0) is 12.3. The van der Waals surface area contributed by atoms with Crippen LogP contribution < -0.4 is 10.5 Å². The first kappa shape index (κ1) is 12.3. The Morgan fingerprint density at radius 1 is 1.29 bits per heavy atom. The summed E-state index contributed by atoms with van der Waals surface area (Å²) >= 11 is 0. The van der Waals surface area contributed by atoms with E-state index in [2.05, 4.69) is 26.0 Å². The molecule has 1 aliphatic carbocycles. The van der Waals surface area contributed by atoms with Crippen molar-refractivity contribution in [3.8, 4) is 5.75 Å². The second kappa shape index (κ2) is 5.44. The van der Waals surface area contributed by atoms with Gasteiger partial charge in [-0.15, -0.1) is 0 Å². The summed E-state index contributed by atoms with van der Waals surface area (Å²) in [5, 5.41) is 0. The molecule has 94 valence electrons. The molecule has 1 saturated carbocycles. The molecule has 1 aliphatic rings. The first-order valence-corrected chi connectivity index (χ1v) is 6.80. The molecule has 0 radical (unpaired) electrons. The predicted octanol–water partition coefficient (Wildman–Crippen LogP) is 4.10. The van der Waals surface area contributed by atoms with E-state index in [9.17, 15) is 0 Å². The van der Waals surface area contributed by atoms with Crippen LogP contribution in [0.2, 0.25) is 0 Å². The smallest absolute Gasteiger partial charge is 0.122 e. The van der Waals surface area contributed by atoms with Crippen molar-refractivity contribution < 1.29 is 4.74 Å². The fourth-order valence-electron chi connectivity index (χ4n) is 2.23. The molecule has 0 bridgehead atoms. The van der Waals surface area contributed by atoms with E-state index >= 15 is 0 Å². The Bertz CT molecular complexity index is 371. The van der Waals surface area contributed by atoms with E-state index in [0.29, 0.717) is 6.10 Å². The van der Waals surface area contributed by atoms with E-state index in [4.69, 9.17) is 10.5 Å². The third kappa shape index (κ3) is 3.39. The number of rotatable bonds is 6. The van der Waals surface area contributed by atoms with Crippen LogP contribution in [0, 0.1) is 0 Å². The quantitative estimate of drug-likeness (QED) is 0.751. The molecule has 0 spiro atoms. The average Bonchev–Trinajstić information content (AvgIpc) is 3.11. The van der Waals surface area contributed by atoms with Crippen molar-refractivity contribution in [3.05, 3.63) is 23.8 Å². The van der Waals surface area contributed by atoms with E-state index in [1.54, 1.807) is 0 Å². The minimum atomic E-state index is 0.328. The van der Waals surface area contributed by atoms with Gasteiger partial charge < -0.3 is 10.5 Å². The Kier molecular flexibility index (Phi) is 3.93. The highest BCUT2D eigenvalue weighted by Gasteiger charge is 2.24. The molecule has 2 heteroatoms. The molecule has 0 aromatic heterocycles. The lowest BCUT2D eigenvalue weighted by atomic mass is 10.1. The van der Waals surface area contributed by atoms with E-state index in [0.717, 1.165) is 36.6 Å². The molecule has 0 heterocycles. The fraction of sp³-hybridized carbons (Fsp3) is 0.600. The summed E-state index contributed by atoms with van der Waals surface area (Å²) in [6.45, 7) is 4.37. The molecule has 2 rings (SSSR count). The SMILES string of the molecule is CCCC(CC)Oc1cc(N)cc(C2CC2)c1. The molecule has 2 nitrogen and oxygen atoms in total. The second-order valence-corrected chi connectivity index (χ2v) is 5.05. The maximum absolute atomic E-state index is 6.02. The first-order chi connectivity index (χ1) is 8.22. The van der Waals surface area contributed by atoms with Crippen LogP contribution in [0.3, 0.4) is 0 Å². The van der Waals surface area contributed by atoms with E-state index in [-0.39, 0.29) is 0 Å². The van der Waals surface area contributed by atoms with E-state index in [1.165, 1.54) is 18.4 Å². The van der Waals surface area contributed by atoms with Crippen LogP contribution in [0.15, 0.2) is 18.2 Å². The van der Waals surface area contributed by atoms with Crippen LogP contribution in [0.1, 0.15) is 57.4 Å². The molecular weight excluding hydrogens is 210 g/mol. The number of benzene rings is 1. The summed E-state index contributed by atoms with van der Waals surface area (Å²) in [4.78, 5) is 0. The van der Waals surface area contributed by atoms with Crippen LogP contribution in [0.4, 0.5) is 5.69 Å². The van der Waals surface area contributed by atoms with Crippen LogP contribution in [0.5, 0.6) is 5.75 Å². The van der Waals surface area contributed by atoms with Crippen molar-refractivity contribution in [2.75, 3.05) is 5.73 Å². The van der Waals surface area contributed by atoms with Crippen molar-refractivity contribution in [2.45, 2.75) is 58.0 Å². The minimum absolute atomic E-state index is 0.328. The van der Waals surface area contributed by atoms with Crippen molar-refractivity contribution in [1.29, 1.82) is 0 Å². The van der Waals surface area contributed by atoms with Crippen LogP contribution in [-0.4, -0.2) is 6.10 Å². The molecule has 1 fully saturated rings. The highest BCUT2D eigenvalue weighted by molar-refractivity contribution is 5.49. The maximum Gasteiger partial charge on any atom is 0.122 e. The van der Waals surface area contributed by atoms with Crippen molar-refractivity contribution in [2.24, 2.45) is 0 Å². The minimum Gasteiger partial charge on any atom is -0.490 e. The van der Waals surface area contributed by atoms with Gasteiger partial charge in [0.05, 0.1) is 6.10 Å². The lowest BCUT2D eigenvalue weighted by Crippen LogP contribution is -2.15. The number of ether oxygens (including phenoxy) is 1. The zero-order valence-electron chi connectivity index (χ0n) is 10.9. The molecule has 1 unspecified atom stereocenters. The molecule has 2 N–H and O–H groups in total. The van der Waals surface area contributed by atoms with Gasteiger partial charge in [-0.05, 0) is 49.3 Å². The van der Waals surface area contributed by atoms with Gasteiger partial charge in [-0.2, -0.15) is 0 Å². The third-order valence-electron chi connectivity index (χ3n) is 3.37. The summed E-state index contributed by atoms with van der Waals surface area (Å²) in [6, 6.07) is 6.21. The monoisotopic (exact) mass is 233 g/mol. The van der Waals surface area contributed by atoms with E-state index < -0.39 is 0 Å². The standard InChI is InChI=1S/C15H23NO/c1-3-5-14(4-2)17-15-9-12(11-6-7-11)8-13(16)10-15/h8-11,14H,3-7,16H2,1-2H3. The summed E-state index contributed by atoms with van der Waals surface area (Å²) < 4.78 is 6.02. The third-order valence-corrected chi connectivity index (χ3v) is 3.37. The van der Waals surface area contributed by atoms with Crippen LogP contribution >= 0.6 is 0 Å². The van der Waals surface area contributed by atoms with Gasteiger partial charge in [0.25, 0.3) is 0 Å². The van der Waals surface area contributed by atoms with Crippen molar-refractivity contribution >= 4 is 5.69 Å². The normalized spacial score (nSPS) is 16.8. The molecule has 0 aliphatic heterocycles. The molecule has 1 atom stereocenters. The largest absolute Gasteiger partial charge is 0.490 e. The predicted molar refractivity (Wildman–Crippen MR) is 72.4 cm³/mol. The molecule has 1 aromatic carbocycles. The Labute approximate surface area is 104 Å². The maximum atomic E-state index is 6.02. The lowest BCUT2D eigenvalue weighted by Gasteiger charge is -2.18.